The van der Waals surface area contributed by atoms with Crippen molar-refractivity contribution >= 4 is 59.0 Å². The zero-order valence-electron chi connectivity index (χ0n) is 13.6. The minimum atomic E-state index is 0. The van der Waals surface area contributed by atoms with Gasteiger partial charge in [-0.15, -0.1) is 12.4 Å². The van der Waals surface area contributed by atoms with Gasteiger partial charge in [-0.3, -0.25) is 9.79 Å². The summed E-state index contributed by atoms with van der Waals surface area (Å²) in [4.78, 5) is 18.3. The number of allylic oxidation sites excluding steroid dienone is 1. The number of para-hydroxylation sites is 1. The van der Waals surface area contributed by atoms with Gasteiger partial charge in [0.25, 0.3) is 0 Å². The van der Waals surface area contributed by atoms with E-state index < -0.39 is 0 Å². The summed E-state index contributed by atoms with van der Waals surface area (Å²) >= 11 is 12.0. The molecule has 0 unspecified atom stereocenters. The molecule has 0 aromatic heterocycles. The van der Waals surface area contributed by atoms with E-state index in [0.717, 1.165) is 22.5 Å². The molecule has 0 N–H and O–H groups in total. The Balaban J connectivity index is 0.00000225. The molecule has 0 spiro atoms. The van der Waals surface area contributed by atoms with Crippen LogP contribution in [-0.4, -0.2) is 24.7 Å². The molecule has 0 saturated heterocycles. The fraction of sp³-hybridized carbons (Fsp3) is 0.158. The molecule has 130 valence electrons. The van der Waals surface area contributed by atoms with Crippen molar-refractivity contribution in [2.75, 3.05) is 18.0 Å². The lowest BCUT2D eigenvalue weighted by Gasteiger charge is -2.20. The number of hydrogen-bond acceptors (Lipinski definition) is 2. The number of halogens is 3. The number of anilines is 1. The van der Waals surface area contributed by atoms with Crippen LogP contribution < -0.4 is 4.90 Å². The maximum absolute atomic E-state index is 11.9. The molecule has 3 rings (SSSR count). The summed E-state index contributed by atoms with van der Waals surface area (Å²) in [5.74, 6) is 0.0207. The first kappa shape index (κ1) is 19.5. The number of rotatable bonds is 2. The number of nitrogens with zero attached hydrogens (tertiary/aromatic N) is 2. The molecule has 2 aromatic carbocycles. The van der Waals surface area contributed by atoms with E-state index in [1.54, 1.807) is 17.9 Å². The number of amides is 1. The van der Waals surface area contributed by atoms with E-state index in [1.807, 2.05) is 48.6 Å². The van der Waals surface area contributed by atoms with Gasteiger partial charge in [0.2, 0.25) is 5.91 Å². The van der Waals surface area contributed by atoms with Crippen LogP contribution in [-0.2, 0) is 4.79 Å². The Morgan fingerprint density at radius 3 is 2.60 bits per heavy atom. The predicted molar refractivity (Wildman–Crippen MR) is 109 cm³/mol. The maximum Gasteiger partial charge on any atom is 0.223 e. The number of benzene rings is 2. The third-order valence-corrected chi connectivity index (χ3v) is 4.57. The first-order valence-electron chi connectivity index (χ1n) is 7.61. The molecule has 1 heterocycles. The fourth-order valence-corrected chi connectivity index (χ4v) is 2.97. The van der Waals surface area contributed by atoms with Gasteiger partial charge in [0.05, 0.1) is 28.0 Å². The fourth-order valence-electron chi connectivity index (χ4n) is 2.66. The molecule has 0 atom stereocenters. The van der Waals surface area contributed by atoms with Crippen LogP contribution in [0.5, 0.6) is 0 Å². The monoisotopic (exact) mass is 394 g/mol. The zero-order chi connectivity index (χ0) is 17.1. The smallest absolute Gasteiger partial charge is 0.223 e. The molecular formula is C19H17Cl3N2O. The van der Waals surface area contributed by atoms with Crippen LogP contribution >= 0.6 is 35.6 Å². The molecule has 3 nitrogen and oxygen atoms in total. The molecule has 2 aromatic rings. The van der Waals surface area contributed by atoms with Crippen molar-refractivity contribution in [3.63, 3.8) is 0 Å². The maximum atomic E-state index is 11.9. The van der Waals surface area contributed by atoms with Crippen molar-refractivity contribution in [2.45, 2.75) is 6.92 Å². The summed E-state index contributed by atoms with van der Waals surface area (Å²) in [6.45, 7) is 2.72. The van der Waals surface area contributed by atoms with Crippen LogP contribution in [0.25, 0.3) is 6.08 Å². The van der Waals surface area contributed by atoms with Crippen molar-refractivity contribution in [2.24, 2.45) is 4.99 Å². The summed E-state index contributed by atoms with van der Waals surface area (Å²) in [5.41, 5.74) is 3.62. The highest BCUT2D eigenvalue weighted by molar-refractivity contribution is 6.42. The van der Waals surface area contributed by atoms with Crippen molar-refractivity contribution in [3.05, 3.63) is 69.7 Å². The third-order valence-electron chi connectivity index (χ3n) is 3.83. The lowest BCUT2D eigenvalue weighted by Crippen LogP contribution is -2.30. The molecular weight excluding hydrogens is 379 g/mol. The topological polar surface area (TPSA) is 32.7 Å². The molecule has 1 aliphatic rings. The van der Waals surface area contributed by atoms with Crippen molar-refractivity contribution in [1.82, 2.24) is 0 Å². The largest absolute Gasteiger partial charge is 0.310 e. The van der Waals surface area contributed by atoms with E-state index >= 15 is 0 Å². The Kier molecular flexibility index (Phi) is 6.65. The van der Waals surface area contributed by atoms with Crippen LogP contribution in [0.3, 0.4) is 0 Å². The summed E-state index contributed by atoms with van der Waals surface area (Å²) in [6.07, 6.45) is 3.89. The van der Waals surface area contributed by atoms with E-state index in [4.69, 9.17) is 23.2 Å². The van der Waals surface area contributed by atoms with Gasteiger partial charge in [0.1, 0.15) is 0 Å². The second kappa shape index (κ2) is 8.52. The summed E-state index contributed by atoms with van der Waals surface area (Å²) in [5, 5.41) is 1.05. The Morgan fingerprint density at radius 1 is 1.12 bits per heavy atom. The second-order valence-electron chi connectivity index (χ2n) is 5.46. The van der Waals surface area contributed by atoms with Crippen LogP contribution in [0.1, 0.15) is 18.1 Å². The molecule has 0 saturated carbocycles. The standard InChI is InChI=1S/C19H16Cl2N2O.ClH/c1-13(24)23-11-10-22-18(15-4-2-3-5-19(15)23)9-7-14-6-8-16(20)17(21)12-14;/h2-9,12H,10-11H2,1H3;1H. The second-order valence-corrected chi connectivity index (χ2v) is 6.28. The highest BCUT2D eigenvalue weighted by Gasteiger charge is 2.19. The highest BCUT2D eigenvalue weighted by Crippen LogP contribution is 2.26. The van der Waals surface area contributed by atoms with Gasteiger partial charge in [-0.05, 0) is 29.8 Å². The molecule has 0 radical (unpaired) electrons. The summed E-state index contributed by atoms with van der Waals surface area (Å²) < 4.78 is 0. The molecule has 1 amide bonds. The van der Waals surface area contributed by atoms with Crippen LogP contribution in [0.2, 0.25) is 10.0 Å². The minimum absolute atomic E-state index is 0. The quantitative estimate of drug-likeness (QED) is 0.680. The van der Waals surface area contributed by atoms with Crippen LogP contribution in [0.4, 0.5) is 5.69 Å². The van der Waals surface area contributed by atoms with Crippen LogP contribution in [0.15, 0.2) is 53.5 Å². The first-order valence-corrected chi connectivity index (χ1v) is 8.37. The number of benzodiazepines with no additional fused rings is 1. The number of carbonyl (C=O) groups excluding carboxylic acids is 1. The SMILES string of the molecule is CC(=O)N1CCN=C(C=Cc2ccc(Cl)c(Cl)c2)c2ccccc21.Cl. The highest BCUT2D eigenvalue weighted by atomic mass is 35.5. The van der Waals surface area contributed by atoms with E-state index in [0.29, 0.717) is 23.1 Å². The normalized spacial score (nSPS) is 13.7. The Morgan fingerprint density at radius 2 is 1.88 bits per heavy atom. The van der Waals surface area contributed by atoms with Gasteiger partial charge in [-0.1, -0.05) is 53.5 Å². The molecule has 1 aliphatic heterocycles. The van der Waals surface area contributed by atoms with Crippen molar-refractivity contribution in [1.29, 1.82) is 0 Å². The predicted octanol–water partition coefficient (Wildman–Crippen LogP) is 5.28. The molecule has 25 heavy (non-hydrogen) atoms. The number of fused-ring (bicyclic) bond motifs is 1. The van der Waals surface area contributed by atoms with Crippen LogP contribution in [0, 0.1) is 0 Å². The van der Waals surface area contributed by atoms with Gasteiger partial charge in [-0.2, -0.15) is 0 Å². The average molecular weight is 396 g/mol. The minimum Gasteiger partial charge on any atom is -0.310 e. The first-order chi connectivity index (χ1) is 11.6. The van der Waals surface area contributed by atoms with E-state index in [1.165, 1.54) is 0 Å². The summed E-state index contributed by atoms with van der Waals surface area (Å²) in [6, 6.07) is 13.3. The van der Waals surface area contributed by atoms with Gasteiger partial charge in [0, 0.05) is 19.0 Å². The van der Waals surface area contributed by atoms with Gasteiger partial charge in [0.15, 0.2) is 0 Å². The lowest BCUT2D eigenvalue weighted by atomic mass is 10.1. The average Bonchev–Trinajstić information content (AvgIpc) is 2.75. The molecule has 0 bridgehead atoms. The van der Waals surface area contributed by atoms with Crippen molar-refractivity contribution in [3.8, 4) is 0 Å². The molecule has 6 heteroatoms. The van der Waals surface area contributed by atoms with Gasteiger partial charge >= 0.3 is 0 Å². The summed E-state index contributed by atoms with van der Waals surface area (Å²) in [7, 11) is 0. The van der Waals surface area contributed by atoms with E-state index in [9.17, 15) is 4.79 Å². The third kappa shape index (κ3) is 4.43. The molecule has 0 fully saturated rings. The van der Waals surface area contributed by atoms with E-state index in [2.05, 4.69) is 4.99 Å². The molecule has 0 aliphatic carbocycles. The Bertz CT molecular complexity index is 846. The van der Waals surface area contributed by atoms with Crippen molar-refractivity contribution < 1.29 is 4.79 Å². The lowest BCUT2D eigenvalue weighted by molar-refractivity contribution is -0.116. The Labute approximate surface area is 163 Å². The number of carbonyl (C=O) groups is 1. The zero-order valence-corrected chi connectivity index (χ0v) is 15.9. The Hall–Kier alpha value is -1.81. The van der Waals surface area contributed by atoms with Gasteiger partial charge < -0.3 is 4.90 Å². The number of aliphatic imine (C=N–C) groups is 1. The van der Waals surface area contributed by atoms with Gasteiger partial charge in [-0.25, -0.2) is 0 Å². The van der Waals surface area contributed by atoms with E-state index in [-0.39, 0.29) is 18.3 Å². The number of hydrogen-bond donors (Lipinski definition) is 0.